The van der Waals surface area contributed by atoms with Crippen molar-refractivity contribution in [3.8, 4) is 89.9 Å². The molecule has 332 valence electrons. The molecule has 4 heteroatoms. The second-order valence-corrected chi connectivity index (χ2v) is 18.3. The molecule has 2 heterocycles. The third-order valence-electron chi connectivity index (χ3n) is 13.7. The first-order valence-electron chi connectivity index (χ1n) is 24.1. The first-order valence-corrected chi connectivity index (χ1v) is 24.1. The first-order chi connectivity index (χ1) is 35.0. The maximum Gasteiger partial charge on any atom is 0.164 e. The van der Waals surface area contributed by atoms with Gasteiger partial charge in [0.1, 0.15) is 0 Å². The molecule has 13 aromatic rings. The molecule has 0 saturated carbocycles. The molecule has 0 amide bonds. The highest BCUT2D eigenvalue weighted by molar-refractivity contribution is 6.13. The predicted molar refractivity (Wildman–Crippen MR) is 296 cm³/mol. The van der Waals surface area contributed by atoms with E-state index >= 15 is 0 Å². The molecule has 0 unspecified atom stereocenters. The lowest BCUT2D eigenvalue weighted by Crippen LogP contribution is -2.01. The van der Waals surface area contributed by atoms with Crippen molar-refractivity contribution in [3.63, 3.8) is 0 Å². The fourth-order valence-corrected chi connectivity index (χ4v) is 10.1. The zero-order chi connectivity index (χ0) is 47.3. The van der Waals surface area contributed by atoms with Crippen molar-refractivity contribution in [2.45, 2.75) is 6.92 Å². The number of nitrogens with zero attached hydrogens (tertiary/aromatic N) is 4. The molecule has 0 N–H and O–H groups in total. The van der Waals surface area contributed by atoms with Gasteiger partial charge >= 0.3 is 0 Å². The molecule has 0 saturated heterocycles. The lowest BCUT2D eigenvalue weighted by atomic mass is 9.89. The van der Waals surface area contributed by atoms with Gasteiger partial charge in [0.2, 0.25) is 0 Å². The van der Waals surface area contributed by atoms with Gasteiger partial charge in [0.05, 0.1) is 5.69 Å². The minimum Gasteiger partial charge on any atom is -0.253 e. The lowest BCUT2D eigenvalue weighted by Gasteiger charge is -2.16. The van der Waals surface area contributed by atoms with Crippen molar-refractivity contribution in [3.05, 3.63) is 254 Å². The van der Waals surface area contributed by atoms with Crippen molar-refractivity contribution in [2.24, 2.45) is 0 Å². The summed E-state index contributed by atoms with van der Waals surface area (Å²) in [6.45, 7) is 2.03. The van der Waals surface area contributed by atoms with Crippen LogP contribution in [0.1, 0.15) is 5.69 Å². The van der Waals surface area contributed by atoms with Gasteiger partial charge in [0.25, 0.3) is 0 Å². The van der Waals surface area contributed by atoms with E-state index in [1.807, 2.05) is 13.0 Å². The molecule has 0 atom stereocenters. The average Bonchev–Trinajstić information content (AvgIpc) is 3.44. The minimum atomic E-state index is 0.593. The van der Waals surface area contributed by atoms with Crippen molar-refractivity contribution >= 4 is 43.1 Å². The topological polar surface area (TPSA) is 51.6 Å². The third kappa shape index (κ3) is 8.07. The predicted octanol–water partition coefficient (Wildman–Crippen LogP) is 17.5. The second-order valence-electron chi connectivity index (χ2n) is 18.3. The van der Waals surface area contributed by atoms with Crippen LogP contribution in [0.25, 0.3) is 133 Å². The van der Waals surface area contributed by atoms with Crippen LogP contribution in [0.4, 0.5) is 0 Å². The SMILES string of the molecule is Cc1cccc(-c2ccc(-c3cc(-c4nc(-c5ccc(-c6ccc7ccccc7c6)cc5)nc(-c5ccc(-c6ccc7ccccc7c6)cc5)n4)cc(-c4c5ccccc5cc5ccccc45)c3)cc2)n1. The van der Waals surface area contributed by atoms with E-state index in [0.29, 0.717) is 17.5 Å². The Morgan fingerprint density at radius 3 is 1.14 bits per heavy atom. The fourth-order valence-electron chi connectivity index (χ4n) is 10.1. The minimum absolute atomic E-state index is 0.593. The summed E-state index contributed by atoms with van der Waals surface area (Å²) in [5, 5.41) is 9.62. The standard InChI is InChI=1S/C67H44N4/c1-43-11-10-20-63(68-43)49-29-21-48(22-30-49)58-40-59(64-61-18-8-6-16-56(61)39-57-17-7-9-19-62(57)64)42-60(41-58)67-70-65(50-31-23-46(24-32-50)54-35-27-44-12-2-4-14-52(44)37-54)69-66(71-67)51-33-25-47(26-34-51)55-36-28-45-13-3-5-15-53(45)38-55/h2-42H,1H3. The van der Waals surface area contributed by atoms with Crippen LogP contribution in [-0.4, -0.2) is 19.9 Å². The summed E-state index contributed by atoms with van der Waals surface area (Å²) in [5.41, 5.74) is 14.7. The maximum atomic E-state index is 5.36. The highest BCUT2D eigenvalue weighted by Crippen LogP contribution is 2.41. The van der Waals surface area contributed by atoms with Crippen molar-refractivity contribution in [1.29, 1.82) is 0 Å². The van der Waals surface area contributed by atoms with E-state index in [9.17, 15) is 0 Å². The van der Waals surface area contributed by atoms with Crippen LogP contribution in [0.3, 0.4) is 0 Å². The van der Waals surface area contributed by atoms with Gasteiger partial charge in [0, 0.05) is 27.9 Å². The second kappa shape index (κ2) is 17.6. The van der Waals surface area contributed by atoms with Crippen LogP contribution in [0, 0.1) is 6.92 Å². The van der Waals surface area contributed by atoms with Crippen LogP contribution in [0.5, 0.6) is 0 Å². The molecule has 0 aliphatic carbocycles. The molecule has 4 nitrogen and oxygen atoms in total. The summed E-state index contributed by atoms with van der Waals surface area (Å²) < 4.78 is 0. The number of benzene rings is 11. The highest BCUT2D eigenvalue weighted by atomic mass is 15.0. The van der Waals surface area contributed by atoms with Crippen LogP contribution in [0.2, 0.25) is 0 Å². The highest BCUT2D eigenvalue weighted by Gasteiger charge is 2.18. The molecule has 71 heavy (non-hydrogen) atoms. The van der Waals surface area contributed by atoms with Gasteiger partial charge in [-0.3, -0.25) is 4.98 Å². The Morgan fingerprint density at radius 2 is 0.620 bits per heavy atom. The van der Waals surface area contributed by atoms with Crippen LogP contribution >= 0.6 is 0 Å². The molecular formula is C67H44N4. The van der Waals surface area contributed by atoms with E-state index in [2.05, 4.69) is 243 Å². The Hall–Kier alpha value is -9.38. The molecule has 0 radical (unpaired) electrons. The number of fused-ring (bicyclic) bond motifs is 4. The zero-order valence-electron chi connectivity index (χ0n) is 39.0. The van der Waals surface area contributed by atoms with E-state index in [4.69, 9.17) is 19.9 Å². The van der Waals surface area contributed by atoms with Gasteiger partial charge in [-0.05, 0) is 143 Å². The number of hydrogen-bond acceptors (Lipinski definition) is 4. The van der Waals surface area contributed by atoms with Gasteiger partial charge in [-0.25, -0.2) is 15.0 Å². The molecule has 0 bridgehead atoms. The van der Waals surface area contributed by atoms with E-state index in [-0.39, 0.29) is 0 Å². The van der Waals surface area contributed by atoms with Crippen molar-refractivity contribution in [2.75, 3.05) is 0 Å². The quantitative estimate of drug-likeness (QED) is 0.143. The Morgan fingerprint density at radius 1 is 0.225 bits per heavy atom. The fraction of sp³-hybridized carbons (Fsp3) is 0.0149. The number of aromatic nitrogens is 4. The molecule has 0 aliphatic rings. The normalized spacial score (nSPS) is 11.5. The summed E-state index contributed by atoms with van der Waals surface area (Å²) in [7, 11) is 0. The smallest absolute Gasteiger partial charge is 0.164 e. The number of hydrogen-bond donors (Lipinski definition) is 0. The summed E-state index contributed by atoms with van der Waals surface area (Å²) >= 11 is 0. The average molecular weight is 905 g/mol. The van der Waals surface area contributed by atoms with Gasteiger partial charge < -0.3 is 0 Å². The van der Waals surface area contributed by atoms with Gasteiger partial charge in [0.15, 0.2) is 17.5 Å². The first kappa shape index (κ1) is 41.8. The third-order valence-corrected chi connectivity index (χ3v) is 13.7. The number of pyridine rings is 1. The molecule has 0 spiro atoms. The van der Waals surface area contributed by atoms with E-state index in [1.54, 1.807) is 0 Å². The van der Waals surface area contributed by atoms with Gasteiger partial charge in [-0.15, -0.1) is 0 Å². The summed E-state index contributed by atoms with van der Waals surface area (Å²) in [5.74, 6) is 1.80. The molecule has 0 fully saturated rings. The maximum absolute atomic E-state index is 5.36. The molecular weight excluding hydrogens is 861 g/mol. The van der Waals surface area contributed by atoms with Crippen LogP contribution in [-0.2, 0) is 0 Å². The summed E-state index contributed by atoms with van der Waals surface area (Å²) in [6.07, 6.45) is 0. The van der Waals surface area contributed by atoms with Gasteiger partial charge in [-0.1, -0.05) is 200 Å². The largest absolute Gasteiger partial charge is 0.253 e. The molecule has 11 aromatic carbocycles. The Kier molecular flexibility index (Phi) is 10.4. The van der Waals surface area contributed by atoms with Crippen molar-refractivity contribution in [1.82, 2.24) is 19.9 Å². The van der Waals surface area contributed by atoms with Crippen LogP contribution < -0.4 is 0 Å². The molecule has 2 aromatic heterocycles. The van der Waals surface area contributed by atoms with Crippen LogP contribution in [0.15, 0.2) is 249 Å². The lowest BCUT2D eigenvalue weighted by molar-refractivity contribution is 1.07. The van der Waals surface area contributed by atoms with E-state index in [0.717, 1.165) is 72.6 Å². The Balaban J connectivity index is 0.985. The van der Waals surface area contributed by atoms with Gasteiger partial charge in [-0.2, -0.15) is 0 Å². The van der Waals surface area contributed by atoms with E-state index < -0.39 is 0 Å². The monoisotopic (exact) mass is 904 g/mol. The zero-order valence-corrected chi connectivity index (χ0v) is 39.0. The molecule has 13 rings (SSSR count). The van der Waals surface area contributed by atoms with E-state index in [1.165, 1.54) is 48.7 Å². The molecule has 0 aliphatic heterocycles. The number of aryl methyl sites for hydroxylation is 1. The Labute approximate surface area is 412 Å². The summed E-state index contributed by atoms with van der Waals surface area (Å²) in [4.78, 5) is 20.8. The van der Waals surface area contributed by atoms with Crippen molar-refractivity contribution < 1.29 is 0 Å². The Bertz CT molecular complexity index is 3960. The number of rotatable bonds is 8. The summed E-state index contributed by atoms with van der Waals surface area (Å²) in [6, 6.07) is 88.8.